The van der Waals surface area contributed by atoms with E-state index in [2.05, 4.69) is 4.98 Å². The van der Waals surface area contributed by atoms with E-state index in [0.29, 0.717) is 15.6 Å². The van der Waals surface area contributed by atoms with E-state index >= 15 is 0 Å². The number of benzene rings is 1. The fourth-order valence-electron chi connectivity index (χ4n) is 0.785. The van der Waals surface area contributed by atoms with E-state index in [1.54, 1.807) is 12.1 Å². The molecule has 1 aromatic carbocycles. The van der Waals surface area contributed by atoms with Crippen LogP contribution in [0.25, 0.3) is 10.7 Å². The number of rotatable bonds is 1. The average Bonchev–Trinajstić information content (AvgIpc) is 2.10. The van der Waals surface area contributed by atoms with Crippen LogP contribution in [0.4, 0.5) is 0 Å². The molecule has 0 spiro atoms. The lowest BCUT2D eigenvalue weighted by atomic mass is 10.2. The standard InChI is InChI=1S/C8H4Cl2N2O/c9-6-2-1-5(3-7(6)10)8(13)4-12-11/h1-4H/p+1/b8-4-. The molecule has 66 valence electrons. The molecule has 0 amide bonds. The lowest BCUT2D eigenvalue weighted by molar-refractivity contribution is 0.511. The third kappa shape index (κ3) is 2.35. The lowest BCUT2D eigenvalue weighted by Gasteiger charge is -1.98. The number of diazo groups is 1. The van der Waals surface area contributed by atoms with Crippen LogP contribution in [-0.2, 0) is 0 Å². The second kappa shape index (κ2) is 4.13. The fraction of sp³-hybridized carbons (Fsp3) is 0. The molecular formula is C8H5Cl2N2O+. The van der Waals surface area contributed by atoms with Gasteiger partial charge in [-0.05, 0) is 18.2 Å². The minimum atomic E-state index is -0.180. The highest BCUT2D eigenvalue weighted by atomic mass is 35.5. The van der Waals surface area contributed by atoms with Crippen molar-refractivity contribution in [2.24, 2.45) is 0 Å². The van der Waals surface area contributed by atoms with Gasteiger partial charge < -0.3 is 5.11 Å². The van der Waals surface area contributed by atoms with E-state index in [1.807, 2.05) is 0 Å². The highest BCUT2D eigenvalue weighted by molar-refractivity contribution is 6.42. The summed E-state index contributed by atoms with van der Waals surface area (Å²) in [5, 5.41) is 18.1. The van der Waals surface area contributed by atoms with E-state index in [-0.39, 0.29) is 5.76 Å². The third-order valence-electron chi connectivity index (χ3n) is 1.40. The molecule has 1 rings (SSSR count). The Morgan fingerprint density at radius 1 is 1.38 bits per heavy atom. The molecule has 0 saturated heterocycles. The van der Waals surface area contributed by atoms with Gasteiger partial charge in [0.1, 0.15) is 0 Å². The van der Waals surface area contributed by atoms with Gasteiger partial charge in [-0.3, -0.25) is 0 Å². The van der Waals surface area contributed by atoms with Crippen LogP contribution in [0, 0.1) is 5.39 Å². The van der Waals surface area contributed by atoms with Crippen LogP contribution in [0.5, 0.6) is 0 Å². The predicted molar refractivity (Wildman–Crippen MR) is 52.2 cm³/mol. The summed E-state index contributed by atoms with van der Waals surface area (Å²) in [6.45, 7) is 0. The number of aliphatic hydroxyl groups excluding tert-OH is 1. The highest BCUT2D eigenvalue weighted by Gasteiger charge is 2.06. The molecule has 0 heterocycles. The summed E-state index contributed by atoms with van der Waals surface area (Å²) < 4.78 is 0. The predicted octanol–water partition coefficient (Wildman–Crippen LogP) is 3.70. The molecule has 1 aromatic rings. The van der Waals surface area contributed by atoms with E-state index in [0.717, 1.165) is 6.20 Å². The Labute approximate surface area is 84.8 Å². The second-order valence-electron chi connectivity index (χ2n) is 2.26. The maximum absolute atomic E-state index is 9.24. The molecule has 0 aromatic heterocycles. The van der Waals surface area contributed by atoms with Crippen LogP contribution in [0.1, 0.15) is 5.56 Å². The zero-order valence-electron chi connectivity index (χ0n) is 6.41. The van der Waals surface area contributed by atoms with E-state index in [4.69, 9.17) is 28.6 Å². The summed E-state index contributed by atoms with van der Waals surface area (Å²) in [5.74, 6) is -0.180. The van der Waals surface area contributed by atoms with Crippen molar-refractivity contribution in [3.8, 4) is 0 Å². The molecule has 1 N–H and O–H groups in total. The second-order valence-corrected chi connectivity index (χ2v) is 3.07. The molecule has 0 bridgehead atoms. The van der Waals surface area contributed by atoms with Gasteiger partial charge in [0.05, 0.1) is 10.0 Å². The Bertz CT molecular complexity index is 396. The van der Waals surface area contributed by atoms with E-state index < -0.39 is 0 Å². The molecule has 0 aliphatic heterocycles. The fourth-order valence-corrected chi connectivity index (χ4v) is 1.08. The van der Waals surface area contributed by atoms with E-state index in [1.165, 1.54) is 6.07 Å². The van der Waals surface area contributed by atoms with Gasteiger partial charge in [-0.1, -0.05) is 23.2 Å². The number of hydrogen-bond acceptors (Lipinski definition) is 2. The van der Waals surface area contributed by atoms with Crippen molar-refractivity contribution in [3.63, 3.8) is 0 Å². The van der Waals surface area contributed by atoms with Gasteiger partial charge in [0.15, 0.2) is 4.98 Å². The number of halogens is 2. The summed E-state index contributed by atoms with van der Waals surface area (Å²) in [6, 6.07) is 4.58. The minimum Gasteiger partial charge on any atom is -0.501 e. The maximum atomic E-state index is 9.24. The van der Waals surface area contributed by atoms with Crippen LogP contribution in [-0.4, -0.2) is 5.11 Å². The molecule has 0 radical (unpaired) electrons. The molecular weight excluding hydrogens is 211 g/mol. The average molecular weight is 216 g/mol. The van der Waals surface area contributed by atoms with Gasteiger partial charge in [-0.25, -0.2) is 0 Å². The monoisotopic (exact) mass is 215 g/mol. The molecule has 5 heteroatoms. The van der Waals surface area contributed by atoms with Crippen LogP contribution in [0.3, 0.4) is 0 Å². The highest BCUT2D eigenvalue weighted by Crippen LogP contribution is 2.25. The quantitative estimate of drug-likeness (QED) is 0.574. The Morgan fingerprint density at radius 2 is 2.08 bits per heavy atom. The first kappa shape index (κ1) is 9.85. The normalized spacial score (nSPS) is 11.0. The first-order valence-corrected chi connectivity index (χ1v) is 4.09. The van der Waals surface area contributed by atoms with Crippen molar-refractivity contribution in [1.29, 1.82) is 5.39 Å². The van der Waals surface area contributed by atoms with Crippen LogP contribution in [0.15, 0.2) is 24.4 Å². The molecule has 0 fully saturated rings. The van der Waals surface area contributed by atoms with Crippen molar-refractivity contribution in [1.82, 2.24) is 0 Å². The molecule has 13 heavy (non-hydrogen) atoms. The summed E-state index contributed by atoms with van der Waals surface area (Å²) in [4.78, 5) is 2.68. The number of nitrogens with zero attached hydrogens (tertiary/aromatic N) is 2. The van der Waals surface area contributed by atoms with Gasteiger partial charge in [-0.15, -0.1) is 0 Å². The van der Waals surface area contributed by atoms with Crippen molar-refractivity contribution in [2.75, 3.05) is 0 Å². The Morgan fingerprint density at radius 3 is 2.62 bits per heavy atom. The van der Waals surface area contributed by atoms with Crippen LogP contribution >= 0.6 is 23.2 Å². The maximum Gasteiger partial charge on any atom is 0.392 e. The zero-order valence-corrected chi connectivity index (χ0v) is 7.92. The van der Waals surface area contributed by atoms with Crippen molar-refractivity contribution in [2.45, 2.75) is 0 Å². The first-order chi connectivity index (χ1) is 6.15. The largest absolute Gasteiger partial charge is 0.501 e. The van der Waals surface area contributed by atoms with E-state index in [9.17, 15) is 5.11 Å². The Balaban J connectivity index is 3.13. The summed E-state index contributed by atoms with van der Waals surface area (Å²) >= 11 is 11.4. The minimum absolute atomic E-state index is 0.180. The van der Waals surface area contributed by atoms with Gasteiger partial charge in [-0.2, -0.15) is 0 Å². The van der Waals surface area contributed by atoms with Crippen LogP contribution in [0.2, 0.25) is 10.0 Å². The molecule has 3 nitrogen and oxygen atoms in total. The van der Waals surface area contributed by atoms with Crippen molar-refractivity contribution < 1.29 is 5.11 Å². The van der Waals surface area contributed by atoms with Crippen LogP contribution < -0.4 is 0 Å². The third-order valence-corrected chi connectivity index (χ3v) is 2.13. The number of aliphatic hydroxyl groups is 1. The smallest absolute Gasteiger partial charge is 0.392 e. The van der Waals surface area contributed by atoms with Crippen molar-refractivity contribution in [3.05, 3.63) is 45.0 Å². The molecule has 0 atom stereocenters. The summed E-state index contributed by atoms with van der Waals surface area (Å²) in [7, 11) is 0. The SMILES string of the molecule is N#[N+]/C=C(\O)c1ccc(Cl)c(Cl)c1. The summed E-state index contributed by atoms with van der Waals surface area (Å²) in [5.41, 5.74) is 0.437. The van der Waals surface area contributed by atoms with Crippen molar-refractivity contribution >= 4 is 29.0 Å². The Kier molecular flexibility index (Phi) is 3.13. The number of hydrogen-bond donors (Lipinski definition) is 1. The molecule has 0 aliphatic rings. The zero-order chi connectivity index (χ0) is 9.84. The first-order valence-electron chi connectivity index (χ1n) is 3.34. The molecule has 0 saturated carbocycles. The van der Waals surface area contributed by atoms with Gasteiger partial charge >= 0.3 is 6.20 Å². The lowest BCUT2D eigenvalue weighted by Crippen LogP contribution is -1.81. The summed E-state index contributed by atoms with van der Waals surface area (Å²) in [6.07, 6.45) is 0.902. The van der Waals surface area contributed by atoms with Gasteiger partial charge in [0.25, 0.3) is 0 Å². The Hall–Kier alpha value is -1.24. The molecule has 0 aliphatic carbocycles. The van der Waals surface area contributed by atoms with Gasteiger partial charge in [0.2, 0.25) is 11.2 Å². The topological polar surface area (TPSA) is 48.4 Å². The van der Waals surface area contributed by atoms with Gasteiger partial charge in [0, 0.05) is 5.56 Å². The molecule has 0 unspecified atom stereocenters.